The maximum Gasteiger partial charge on any atom is 0.151 e. The fourth-order valence-electron chi connectivity index (χ4n) is 2.93. The fraction of sp³-hybridized carbons (Fsp3) is 1.00. The van der Waals surface area contributed by atoms with Gasteiger partial charge in [-0.05, 0) is 31.7 Å². The van der Waals surface area contributed by atoms with E-state index in [1.807, 2.05) is 0 Å². The summed E-state index contributed by atoms with van der Waals surface area (Å²) >= 11 is 0. The maximum absolute atomic E-state index is 11.6. The maximum atomic E-state index is 11.6. The number of rotatable bonds is 5. The zero-order valence-electron chi connectivity index (χ0n) is 10.1. The first-order valence-corrected chi connectivity index (χ1v) is 8.45. The van der Waals surface area contributed by atoms with Gasteiger partial charge in [-0.2, -0.15) is 0 Å². The summed E-state index contributed by atoms with van der Waals surface area (Å²) in [5, 5.41) is 3.33. The van der Waals surface area contributed by atoms with Gasteiger partial charge in [0.15, 0.2) is 9.84 Å². The van der Waals surface area contributed by atoms with Crippen molar-refractivity contribution in [2.45, 2.75) is 56.2 Å². The van der Waals surface area contributed by atoms with Crippen LogP contribution in [0.4, 0.5) is 0 Å². The van der Waals surface area contributed by atoms with Crippen molar-refractivity contribution in [3.63, 3.8) is 0 Å². The lowest BCUT2D eigenvalue weighted by Crippen LogP contribution is -2.41. The van der Waals surface area contributed by atoms with Crippen LogP contribution in [0.25, 0.3) is 0 Å². The van der Waals surface area contributed by atoms with E-state index in [4.69, 9.17) is 0 Å². The first kappa shape index (κ1) is 12.4. The van der Waals surface area contributed by atoms with Gasteiger partial charge in [0.1, 0.15) is 0 Å². The van der Waals surface area contributed by atoms with Crippen LogP contribution in [0.15, 0.2) is 0 Å². The number of nitrogens with one attached hydrogen (secondary N) is 1. The van der Waals surface area contributed by atoms with Crippen LogP contribution < -0.4 is 5.32 Å². The lowest BCUT2D eigenvalue weighted by molar-refractivity contribution is 0.287. The first-order valence-electron chi connectivity index (χ1n) is 6.49. The van der Waals surface area contributed by atoms with Crippen LogP contribution >= 0.6 is 0 Å². The van der Waals surface area contributed by atoms with Gasteiger partial charge in [-0.25, -0.2) is 8.42 Å². The summed E-state index contributed by atoms with van der Waals surface area (Å²) in [6.07, 6.45) is 9.68. The number of hydrogen-bond donors (Lipinski definition) is 1. The summed E-state index contributed by atoms with van der Waals surface area (Å²) < 4.78 is 23.1. The molecule has 0 bridgehead atoms. The molecule has 0 saturated heterocycles. The highest BCUT2D eigenvalue weighted by molar-refractivity contribution is 7.91. The smallest absolute Gasteiger partial charge is 0.151 e. The van der Waals surface area contributed by atoms with Crippen LogP contribution in [-0.2, 0) is 9.84 Å². The lowest BCUT2D eigenvalue weighted by Gasteiger charge is -2.27. The Balaban J connectivity index is 1.75. The number of hydrogen-bond acceptors (Lipinski definition) is 3. The van der Waals surface area contributed by atoms with Crippen molar-refractivity contribution < 1.29 is 8.42 Å². The quantitative estimate of drug-likeness (QED) is 0.802. The Morgan fingerprint density at radius 3 is 2.38 bits per heavy atom. The molecule has 2 atom stereocenters. The second-order valence-corrected chi connectivity index (χ2v) is 7.71. The normalized spacial score (nSPS) is 31.6. The first-order chi connectivity index (χ1) is 7.57. The summed E-state index contributed by atoms with van der Waals surface area (Å²) in [5.74, 6) is 0.908. The van der Waals surface area contributed by atoms with E-state index < -0.39 is 9.84 Å². The molecule has 2 saturated carbocycles. The molecule has 0 radical (unpaired) electrons. The second-order valence-electron chi connectivity index (χ2n) is 5.45. The Kier molecular flexibility index (Phi) is 3.90. The van der Waals surface area contributed by atoms with Gasteiger partial charge >= 0.3 is 0 Å². The molecule has 2 fully saturated rings. The highest BCUT2D eigenvalue weighted by Crippen LogP contribution is 2.29. The summed E-state index contributed by atoms with van der Waals surface area (Å²) in [4.78, 5) is 0. The van der Waals surface area contributed by atoms with Crippen LogP contribution in [0.5, 0.6) is 0 Å². The van der Waals surface area contributed by atoms with Crippen molar-refractivity contribution in [2.75, 3.05) is 12.8 Å². The fourth-order valence-corrected chi connectivity index (χ4v) is 4.35. The Morgan fingerprint density at radius 1 is 1.12 bits per heavy atom. The average molecular weight is 245 g/mol. The second kappa shape index (κ2) is 5.05. The van der Waals surface area contributed by atoms with Crippen LogP contribution in [-0.4, -0.2) is 32.5 Å². The third kappa shape index (κ3) is 2.98. The van der Waals surface area contributed by atoms with Gasteiger partial charge in [0.25, 0.3) is 0 Å². The molecule has 2 aliphatic carbocycles. The van der Waals surface area contributed by atoms with E-state index in [1.54, 1.807) is 0 Å². The van der Waals surface area contributed by atoms with Gasteiger partial charge in [0.2, 0.25) is 0 Å². The van der Waals surface area contributed by atoms with Gasteiger partial charge in [-0.15, -0.1) is 0 Å². The van der Waals surface area contributed by atoms with E-state index in [0.29, 0.717) is 0 Å². The SMILES string of the molecule is CS(=O)(=O)C1CCCC1NCCC1CCC1. The van der Waals surface area contributed by atoms with Crippen LogP contribution in [0.2, 0.25) is 0 Å². The van der Waals surface area contributed by atoms with Crippen LogP contribution in [0.3, 0.4) is 0 Å². The molecule has 0 amide bonds. The molecule has 2 unspecified atom stereocenters. The minimum Gasteiger partial charge on any atom is -0.313 e. The molecule has 0 heterocycles. The predicted molar refractivity (Wildman–Crippen MR) is 66.2 cm³/mol. The van der Waals surface area contributed by atoms with E-state index in [9.17, 15) is 8.42 Å². The zero-order valence-corrected chi connectivity index (χ0v) is 10.9. The van der Waals surface area contributed by atoms with Gasteiger partial charge in [-0.1, -0.05) is 25.7 Å². The van der Waals surface area contributed by atoms with Crippen molar-refractivity contribution >= 4 is 9.84 Å². The summed E-state index contributed by atoms with van der Waals surface area (Å²) in [5.41, 5.74) is 0. The predicted octanol–water partition coefficient (Wildman–Crippen LogP) is 1.73. The van der Waals surface area contributed by atoms with Crippen LogP contribution in [0, 0.1) is 5.92 Å². The molecule has 0 aromatic carbocycles. The molecule has 0 aromatic heterocycles. The highest BCUT2D eigenvalue weighted by Gasteiger charge is 2.34. The van der Waals surface area contributed by atoms with Crippen molar-refractivity contribution in [2.24, 2.45) is 5.92 Å². The van der Waals surface area contributed by atoms with Gasteiger partial charge < -0.3 is 5.32 Å². The molecule has 1 N–H and O–H groups in total. The van der Waals surface area contributed by atoms with E-state index in [1.165, 1.54) is 31.9 Å². The molecule has 0 aliphatic heterocycles. The van der Waals surface area contributed by atoms with Gasteiger partial charge in [0.05, 0.1) is 5.25 Å². The molecule has 4 heteroatoms. The molecule has 2 rings (SSSR count). The topological polar surface area (TPSA) is 46.2 Å². The largest absolute Gasteiger partial charge is 0.313 e. The van der Waals surface area contributed by atoms with Gasteiger partial charge in [-0.3, -0.25) is 0 Å². The highest BCUT2D eigenvalue weighted by atomic mass is 32.2. The van der Waals surface area contributed by atoms with Crippen molar-refractivity contribution in [3.8, 4) is 0 Å². The van der Waals surface area contributed by atoms with Crippen molar-refractivity contribution in [1.29, 1.82) is 0 Å². The average Bonchev–Trinajstić information content (AvgIpc) is 2.56. The third-order valence-corrected chi connectivity index (χ3v) is 5.85. The molecule has 0 aromatic rings. The third-order valence-electron chi connectivity index (χ3n) is 4.19. The Labute approximate surface area is 98.9 Å². The van der Waals surface area contributed by atoms with Crippen LogP contribution in [0.1, 0.15) is 44.9 Å². The summed E-state index contributed by atoms with van der Waals surface area (Å²) in [6, 6.07) is 0.218. The molecule has 94 valence electrons. The minimum absolute atomic E-state index is 0.131. The Hall–Kier alpha value is -0.0900. The van der Waals surface area contributed by atoms with E-state index in [-0.39, 0.29) is 11.3 Å². The molecule has 3 nitrogen and oxygen atoms in total. The molecular weight excluding hydrogens is 222 g/mol. The van der Waals surface area contributed by atoms with E-state index >= 15 is 0 Å². The minimum atomic E-state index is -2.86. The van der Waals surface area contributed by atoms with E-state index in [0.717, 1.165) is 31.7 Å². The Morgan fingerprint density at radius 2 is 1.81 bits per heavy atom. The molecule has 16 heavy (non-hydrogen) atoms. The number of sulfone groups is 1. The van der Waals surface area contributed by atoms with Crippen molar-refractivity contribution in [3.05, 3.63) is 0 Å². The summed E-state index contributed by atoms with van der Waals surface area (Å²) in [6.45, 7) is 1.00. The van der Waals surface area contributed by atoms with E-state index in [2.05, 4.69) is 5.32 Å². The molecule has 0 spiro atoms. The Bertz CT molecular complexity index is 322. The van der Waals surface area contributed by atoms with Crippen molar-refractivity contribution in [1.82, 2.24) is 5.32 Å². The monoisotopic (exact) mass is 245 g/mol. The van der Waals surface area contributed by atoms with Gasteiger partial charge in [0, 0.05) is 12.3 Å². The standard InChI is InChI=1S/C12H23NO2S/c1-16(14,15)12-7-3-6-11(12)13-9-8-10-4-2-5-10/h10-13H,2-9H2,1H3. The zero-order chi connectivity index (χ0) is 11.6. The summed E-state index contributed by atoms with van der Waals surface area (Å²) in [7, 11) is -2.86. The molecular formula is C12H23NO2S. The lowest BCUT2D eigenvalue weighted by atomic mass is 9.83. The molecule has 2 aliphatic rings.